The van der Waals surface area contributed by atoms with Crippen LogP contribution in [0.5, 0.6) is 5.75 Å². The number of nitrogens with zero attached hydrogens (tertiary/aromatic N) is 3. The highest BCUT2D eigenvalue weighted by molar-refractivity contribution is 5.76. The first kappa shape index (κ1) is 23.3. The third kappa shape index (κ3) is 4.90. The number of amides is 1. The number of ether oxygens (including phenoxy) is 1. The third-order valence-electron chi connectivity index (χ3n) is 6.78. The number of benzene rings is 1. The molecular weight excluding hydrogens is 420 g/mol. The van der Waals surface area contributed by atoms with E-state index in [9.17, 15) is 14.7 Å². The van der Waals surface area contributed by atoms with Gasteiger partial charge in [0.05, 0.1) is 13.2 Å². The Hall–Kier alpha value is -2.87. The van der Waals surface area contributed by atoms with Crippen LogP contribution in [-0.2, 0) is 11.3 Å². The van der Waals surface area contributed by atoms with Gasteiger partial charge in [0.2, 0.25) is 11.5 Å². The predicted molar refractivity (Wildman–Crippen MR) is 126 cm³/mol. The molecule has 1 saturated carbocycles. The van der Waals surface area contributed by atoms with Gasteiger partial charge in [0.15, 0.2) is 0 Å². The number of aromatic amines is 1. The first-order valence-corrected chi connectivity index (χ1v) is 12.0. The van der Waals surface area contributed by atoms with Crippen molar-refractivity contribution in [1.29, 1.82) is 0 Å². The van der Waals surface area contributed by atoms with E-state index < -0.39 is 6.23 Å². The molecule has 1 amide bonds. The minimum absolute atomic E-state index is 0.0216. The van der Waals surface area contributed by atoms with E-state index in [2.05, 4.69) is 16.6 Å². The summed E-state index contributed by atoms with van der Waals surface area (Å²) in [5.41, 5.74) is 3.10. The summed E-state index contributed by atoms with van der Waals surface area (Å²) in [6.45, 7) is 8.53. The summed E-state index contributed by atoms with van der Waals surface area (Å²) < 4.78 is 7.82. The number of carbonyl (C=O) groups is 1. The Kier molecular flexibility index (Phi) is 7.02. The SMILES string of the molecule is C=c1c(=O)[nH]c2n1Cc1c(C)ccc(OCCCCC(=O)N(C(C)O)C3CCCCC3)c1N=2. The van der Waals surface area contributed by atoms with Crippen LogP contribution in [0.4, 0.5) is 5.69 Å². The molecule has 178 valence electrons. The van der Waals surface area contributed by atoms with E-state index in [4.69, 9.17) is 4.74 Å². The van der Waals surface area contributed by atoms with Crippen LogP contribution in [0, 0.1) is 6.92 Å². The molecule has 1 unspecified atom stereocenters. The van der Waals surface area contributed by atoms with Gasteiger partial charge in [-0.3, -0.25) is 14.6 Å². The lowest BCUT2D eigenvalue weighted by Gasteiger charge is -2.36. The number of fused-ring (bicyclic) bond motifs is 2. The van der Waals surface area contributed by atoms with Crippen LogP contribution >= 0.6 is 0 Å². The number of hydrogen-bond acceptors (Lipinski definition) is 5. The zero-order valence-electron chi connectivity index (χ0n) is 19.6. The van der Waals surface area contributed by atoms with Gasteiger partial charge in [0.25, 0.3) is 5.56 Å². The van der Waals surface area contributed by atoms with Gasteiger partial charge < -0.3 is 19.3 Å². The van der Waals surface area contributed by atoms with Gasteiger partial charge in [-0.2, -0.15) is 0 Å². The second-order valence-corrected chi connectivity index (χ2v) is 9.16. The number of aromatic nitrogens is 2. The molecule has 33 heavy (non-hydrogen) atoms. The van der Waals surface area contributed by atoms with Crippen molar-refractivity contribution in [3.63, 3.8) is 0 Å². The van der Waals surface area contributed by atoms with Crippen molar-refractivity contribution < 1.29 is 14.6 Å². The fourth-order valence-electron chi connectivity index (χ4n) is 4.93. The van der Waals surface area contributed by atoms with Crippen LogP contribution in [0.1, 0.15) is 69.4 Å². The van der Waals surface area contributed by atoms with E-state index in [0.29, 0.717) is 42.7 Å². The standard InChI is InChI=1S/C25H34N4O4/c1-16-12-13-21(23-20(16)15-28-17(2)24(32)27-25(28)26-23)33-14-8-7-11-22(31)29(18(3)30)19-9-5-4-6-10-19/h12-13,18-19,30H,2,4-11,14-15H2,1,3H3,(H,26,27,32). The van der Waals surface area contributed by atoms with E-state index in [-0.39, 0.29) is 17.5 Å². The molecule has 1 aliphatic heterocycles. The van der Waals surface area contributed by atoms with Gasteiger partial charge in [0, 0.05) is 18.0 Å². The van der Waals surface area contributed by atoms with Crippen molar-refractivity contribution in [1.82, 2.24) is 14.5 Å². The minimum Gasteiger partial charge on any atom is -0.491 e. The molecule has 2 aromatic rings. The minimum atomic E-state index is -0.748. The van der Waals surface area contributed by atoms with Crippen molar-refractivity contribution in [3.05, 3.63) is 44.6 Å². The number of carbonyl (C=O) groups excluding carboxylic acids is 1. The van der Waals surface area contributed by atoms with E-state index in [1.807, 2.05) is 19.1 Å². The molecule has 1 fully saturated rings. The molecule has 0 saturated heterocycles. The fourth-order valence-corrected chi connectivity index (χ4v) is 4.93. The molecule has 2 heterocycles. The Labute approximate surface area is 193 Å². The molecule has 1 aromatic carbocycles. The highest BCUT2D eigenvalue weighted by atomic mass is 16.5. The Bertz CT molecular complexity index is 1170. The number of nitrogens with one attached hydrogen (secondary N) is 1. The average Bonchev–Trinajstić information content (AvgIpc) is 3.07. The van der Waals surface area contributed by atoms with Crippen molar-refractivity contribution in [2.45, 2.75) is 84.0 Å². The number of imidazole rings is 1. The Morgan fingerprint density at radius 2 is 2.09 bits per heavy atom. The molecule has 2 N–H and O–H groups in total. The van der Waals surface area contributed by atoms with Crippen molar-refractivity contribution in [2.24, 2.45) is 4.99 Å². The van der Waals surface area contributed by atoms with Crippen molar-refractivity contribution >= 4 is 18.2 Å². The van der Waals surface area contributed by atoms with Gasteiger partial charge in [-0.1, -0.05) is 31.9 Å². The summed E-state index contributed by atoms with van der Waals surface area (Å²) in [7, 11) is 0. The Morgan fingerprint density at radius 3 is 2.82 bits per heavy atom. The van der Waals surface area contributed by atoms with Crippen LogP contribution in [0.25, 0.3) is 6.58 Å². The van der Waals surface area contributed by atoms with Gasteiger partial charge in [-0.15, -0.1) is 0 Å². The van der Waals surface area contributed by atoms with Gasteiger partial charge >= 0.3 is 0 Å². The largest absolute Gasteiger partial charge is 0.491 e. The third-order valence-corrected chi connectivity index (χ3v) is 6.78. The normalized spacial score (nSPS) is 16.5. The molecule has 1 aromatic heterocycles. The number of H-pyrrole nitrogens is 1. The van der Waals surface area contributed by atoms with Crippen LogP contribution in [0.3, 0.4) is 0 Å². The molecule has 8 heteroatoms. The maximum Gasteiger partial charge on any atom is 0.274 e. The topological polar surface area (TPSA) is 99.9 Å². The van der Waals surface area contributed by atoms with Crippen LogP contribution < -0.4 is 21.3 Å². The highest BCUT2D eigenvalue weighted by Crippen LogP contribution is 2.35. The highest BCUT2D eigenvalue weighted by Gasteiger charge is 2.28. The summed E-state index contributed by atoms with van der Waals surface area (Å²) in [5, 5.41) is 10.5. The fraction of sp³-hybridized carbons (Fsp3) is 0.560. The van der Waals surface area contributed by atoms with Crippen LogP contribution in [0.2, 0.25) is 0 Å². The van der Waals surface area contributed by atoms with E-state index in [1.165, 1.54) is 6.42 Å². The second-order valence-electron chi connectivity index (χ2n) is 9.16. The van der Waals surface area contributed by atoms with Gasteiger partial charge in [-0.05, 0) is 51.2 Å². The summed E-state index contributed by atoms with van der Waals surface area (Å²) in [5.74, 6) is 0.696. The number of unbranched alkanes of at least 4 members (excludes halogenated alkanes) is 1. The lowest BCUT2D eigenvalue weighted by atomic mass is 9.93. The van der Waals surface area contributed by atoms with Crippen LogP contribution in [-0.4, -0.2) is 44.3 Å². The monoisotopic (exact) mass is 454 g/mol. The second kappa shape index (κ2) is 9.95. The first-order chi connectivity index (χ1) is 15.9. The van der Waals surface area contributed by atoms with Crippen molar-refractivity contribution in [2.75, 3.05) is 6.61 Å². The van der Waals surface area contributed by atoms with Gasteiger partial charge in [-0.25, -0.2) is 4.99 Å². The Morgan fingerprint density at radius 1 is 1.33 bits per heavy atom. The summed E-state index contributed by atoms with van der Waals surface area (Å²) in [6.07, 6.45) is 6.49. The maximum atomic E-state index is 12.8. The van der Waals surface area contributed by atoms with E-state index in [0.717, 1.165) is 48.9 Å². The maximum absolute atomic E-state index is 12.8. The molecule has 0 bridgehead atoms. The molecule has 0 spiro atoms. The zero-order chi connectivity index (χ0) is 23.5. The summed E-state index contributed by atoms with van der Waals surface area (Å²) in [4.78, 5) is 33.8. The molecule has 4 rings (SSSR count). The number of aliphatic hydroxyl groups is 1. The zero-order valence-corrected chi connectivity index (χ0v) is 19.6. The molecule has 0 radical (unpaired) electrons. The molecule has 1 aliphatic carbocycles. The molecule has 8 nitrogen and oxygen atoms in total. The van der Waals surface area contributed by atoms with E-state index in [1.54, 1.807) is 16.4 Å². The smallest absolute Gasteiger partial charge is 0.274 e. The number of hydrogen-bond donors (Lipinski definition) is 2. The quantitative estimate of drug-likeness (QED) is 0.403. The molecular formula is C25H34N4O4. The molecule has 2 aliphatic rings. The van der Waals surface area contributed by atoms with Crippen molar-refractivity contribution in [3.8, 4) is 5.75 Å². The van der Waals surface area contributed by atoms with Gasteiger partial charge in [0.1, 0.15) is 23.0 Å². The average molecular weight is 455 g/mol. The lowest BCUT2D eigenvalue weighted by molar-refractivity contribution is -0.145. The lowest BCUT2D eigenvalue weighted by Crippen LogP contribution is -2.46. The Balaban J connectivity index is 1.35. The number of aliphatic hydroxyl groups excluding tert-OH is 1. The first-order valence-electron chi connectivity index (χ1n) is 12.0. The molecule has 1 atom stereocenters. The predicted octanol–water partition coefficient (Wildman–Crippen LogP) is 2.26. The summed E-state index contributed by atoms with van der Waals surface area (Å²) >= 11 is 0. The summed E-state index contributed by atoms with van der Waals surface area (Å²) in [6, 6.07) is 4.06. The number of rotatable bonds is 8. The van der Waals surface area contributed by atoms with Crippen LogP contribution in [0.15, 0.2) is 21.9 Å². The van der Waals surface area contributed by atoms with E-state index >= 15 is 0 Å². The number of aryl methyl sites for hydroxylation is 1.